The molecular formula is C19H21BrN2O3S. The molecule has 0 spiro atoms. The standard InChI is InChI=1S/C19H21BrN2O3S/c20-17-5-4-6-18(13-17)21-19(23)16-9-7-15(8-10-16)14-26(24,25)22-11-2-1-3-12-22/h4-10,13H,1-3,11-12,14H2,(H,21,23). The van der Waals surface area contributed by atoms with Crippen LogP contribution in [0.3, 0.4) is 0 Å². The molecular weight excluding hydrogens is 416 g/mol. The van der Waals surface area contributed by atoms with Crippen LogP contribution in [-0.2, 0) is 15.8 Å². The number of benzene rings is 2. The molecule has 0 aliphatic carbocycles. The van der Waals surface area contributed by atoms with E-state index in [1.165, 1.54) is 0 Å². The lowest BCUT2D eigenvalue weighted by Gasteiger charge is -2.25. The summed E-state index contributed by atoms with van der Waals surface area (Å²) < 4.78 is 27.4. The summed E-state index contributed by atoms with van der Waals surface area (Å²) in [5.41, 5.74) is 1.87. The minimum atomic E-state index is -3.30. The second-order valence-corrected chi connectivity index (χ2v) is 9.26. The summed E-state index contributed by atoms with van der Waals surface area (Å²) >= 11 is 3.37. The Morgan fingerprint density at radius 3 is 2.38 bits per heavy atom. The van der Waals surface area contributed by atoms with Crippen molar-refractivity contribution in [3.8, 4) is 0 Å². The van der Waals surface area contributed by atoms with Crippen LogP contribution >= 0.6 is 15.9 Å². The number of anilines is 1. The van der Waals surface area contributed by atoms with Crippen LogP contribution in [0.2, 0.25) is 0 Å². The van der Waals surface area contributed by atoms with Crippen LogP contribution in [0.5, 0.6) is 0 Å². The predicted octanol–water partition coefficient (Wildman–Crippen LogP) is 4.02. The Morgan fingerprint density at radius 2 is 1.73 bits per heavy atom. The van der Waals surface area contributed by atoms with Gasteiger partial charge in [0.25, 0.3) is 5.91 Å². The molecule has 0 bridgehead atoms. The highest BCUT2D eigenvalue weighted by Gasteiger charge is 2.24. The molecule has 1 saturated heterocycles. The van der Waals surface area contributed by atoms with Gasteiger partial charge in [0, 0.05) is 28.8 Å². The fourth-order valence-electron chi connectivity index (χ4n) is 2.97. The Bertz CT molecular complexity index is 876. The smallest absolute Gasteiger partial charge is 0.255 e. The number of rotatable bonds is 5. The quantitative estimate of drug-likeness (QED) is 0.769. The summed E-state index contributed by atoms with van der Waals surface area (Å²) in [6.45, 7) is 1.21. The molecule has 1 fully saturated rings. The molecule has 3 rings (SSSR count). The number of piperidine rings is 1. The first-order chi connectivity index (χ1) is 12.4. The molecule has 1 aliphatic heterocycles. The first-order valence-electron chi connectivity index (χ1n) is 8.58. The highest BCUT2D eigenvalue weighted by molar-refractivity contribution is 9.10. The van der Waals surface area contributed by atoms with Gasteiger partial charge >= 0.3 is 0 Å². The van der Waals surface area contributed by atoms with Gasteiger partial charge in [-0.25, -0.2) is 12.7 Å². The first-order valence-corrected chi connectivity index (χ1v) is 11.0. The van der Waals surface area contributed by atoms with Gasteiger partial charge in [0.15, 0.2) is 0 Å². The largest absolute Gasteiger partial charge is 0.322 e. The third kappa shape index (κ3) is 4.93. The third-order valence-electron chi connectivity index (χ3n) is 4.36. The fourth-order valence-corrected chi connectivity index (χ4v) is 4.98. The summed E-state index contributed by atoms with van der Waals surface area (Å²) in [6, 6.07) is 14.1. The van der Waals surface area contributed by atoms with E-state index in [0.717, 1.165) is 23.7 Å². The number of amides is 1. The van der Waals surface area contributed by atoms with E-state index in [2.05, 4.69) is 21.2 Å². The second kappa shape index (κ2) is 8.33. The molecule has 1 N–H and O–H groups in total. The number of nitrogens with one attached hydrogen (secondary N) is 1. The molecule has 0 atom stereocenters. The van der Waals surface area contributed by atoms with Crippen LogP contribution in [0.15, 0.2) is 53.0 Å². The molecule has 0 radical (unpaired) electrons. The van der Waals surface area contributed by atoms with Crippen LogP contribution in [0, 0.1) is 0 Å². The van der Waals surface area contributed by atoms with Gasteiger partial charge in [-0.15, -0.1) is 0 Å². The lowest BCUT2D eigenvalue weighted by atomic mass is 10.1. The highest BCUT2D eigenvalue weighted by Crippen LogP contribution is 2.19. The van der Waals surface area contributed by atoms with Crippen molar-refractivity contribution < 1.29 is 13.2 Å². The van der Waals surface area contributed by atoms with Crippen LogP contribution in [0.25, 0.3) is 0 Å². The van der Waals surface area contributed by atoms with Gasteiger partial charge in [0.05, 0.1) is 5.75 Å². The van der Waals surface area contributed by atoms with Crippen molar-refractivity contribution in [2.45, 2.75) is 25.0 Å². The Kier molecular flexibility index (Phi) is 6.11. The van der Waals surface area contributed by atoms with Gasteiger partial charge in [0.2, 0.25) is 10.0 Å². The van der Waals surface area contributed by atoms with Gasteiger partial charge in [-0.2, -0.15) is 0 Å². The van der Waals surface area contributed by atoms with Crippen LogP contribution in [0.4, 0.5) is 5.69 Å². The topological polar surface area (TPSA) is 66.5 Å². The van der Waals surface area contributed by atoms with Gasteiger partial charge < -0.3 is 5.32 Å². The van der Waals surface area contributed by atoms with E-state index in [1.54, 1.807) is 28.6 Å². The maximum Gasteiger partial charge on any atom is 0.255 e. The number of sulfonamides is 1. The zero-order valence-corrected chi connectivity index (χ0v) is 16.7. The summed E-state index contributed by atoms with van der Waals surface area (Å²) in [7, 11) is -3.30. The van der Waals surface area contributed by atoms with Gasteiger partial charge in [-0.1, -0.05) is 40.5 Å². The van der Waals surface area contributed by atoms with Gasteiger partial charge in [-0.3, -0.25) is 4.79 Å². The molecule has 7 heteroatoms. The number of hydrogen-bond donors (Lipinski definition) is 1. The van der Waals surface area contributed by atoms with Crippen LogP contribution < -0.4 is 5.32 Å². The molecule has 0 saturated carbocycles. The van der Waals surface area contributed by atoms with Crippen LogP contribution in [0.1, 0.15) is 35.2 Å². The van der Waals surface area contributed by atoms with Crippen molar-refractivity contribution in [3.05, 3.63) is 64.1 Å². The van der Waals surface area contributed by atoms with Crippen molar-refractivity contribution >= 4 is 37.5 Å². The van der Waals surface area contributed by atoms with E-state index in [9.17, 15) is 13.2 Å². The van der Waals surface area contributed by atoms with E-state index in [1.807, 2.05) is 24.3 Å². The lowest BCUT2D eigenvalue weighted by Crippen LogP contribution is -2.36. The maximum atomic E-state index is 12.5. The molecule has 2 aromatic carbocycles. The van der Waals surface area contributed by atoms with Gasteiger partial charge in [-0.05, 0) is 48.7 Å². The number of carbonyl (C=O) groups excluding carboxylic acids is 1. The number of nitrogens with zero attached hydrogens (tertiary/aromatic N) is 1. The molecule has 1 aliphatic rings. The van der Waals surface area contributed by atoms with Crippen molar-refractivity contribution in [1.82, 2.24) is 4.31 Å². The highest BCUT2D eigenvalue weighted by atomic mass is 79.9. The zero-order chi connectivity index (χ0) is 18.6. The van der Waals surface area contributed by atoms with E-state index in [-0.39, 0.29) is 11.7 Å². The summed E-state index contributed by atoms with van der Waals surface area (Å²) in [4.78, 5) is 12.3. The molecule has 1 heterocycles. The van der Waals surface area contributed by atoms with Gasteiger partial charge in [0.1, 0.15) is 0 Å². The summed E-state index contributed by atoms with van der Waals surface area (Å²) in [5.74, 6) is -0.255. The van der Waals surface area contributed by atoms with E-state index in [0.29, 0.717) is 29.9 Å². The number of hydrogen-bond acceptors (Lipinski definition) is 3. The average Bonchev–Trinajstić information content (AvgIpc) is 2.63. The first kappa shape index (κ1) is 19.1. The minimum absolute atomic E-state index is 0.0273. The molecule has 26 heavy (non-hydrogen) atoms. The normalized spacial score (nSPS) is 15.6. The van der Waals surface area contributed by atoms with E-state index in [4.69, 9.17) is 0 Å². The molecule has 138 valence electrons. The van der Waals surface area contributed by atoms with Crippen molar-refractivity contribution in [2.24, 2.45) is 0 Å². The van der Waals surface area contributed by atoms with Crippen LogP contribution in [-0.4, -0.2) is 31.7 Å². The molecule has 2 aromatic rings. The average molecular weight is 437 g/mol. The lowest BCUT2D eigenvalue weighted by molar-refractivity contribution is 0.102. The van der Waals surface area contributed by atoms with Crippen molar-refractivity contribution in [1.29, 1.82) is 0 Å². The predicted molar refractivity (Wildman–Crippen MR) is 107 cm³/mol. The molecule has 1 amide bonds. The monoisotopic (exact) mass is 436 g/mol. The van der Waals surface area contributed by atoms with Crippen molar-refractivity contribution in [3.63, 3.8) is 0 Å². The maximum absolute atomic E-state index is 12.5. The third-order valence-corrected chi connectivity index (χ3v) is 6.70. The number of carbonyl (C=O) groups is 1. The Balaban J connectivity index is 1.65. The summed E-state index contributed by atoms with van der Waals surface area (Å²) in [6.07, 6.45) is 2.94. The molecule has 0 aromatic heterocycles. The SMILES string of the molecule is O=C(Nc1cccc(Br)c1)c1ccc(CS(=O)(=O)N2CCCCC2)cc1. The van der Waals surface area contributed by atoms with E-state index < -0.39 is 10.0 Å². The van der Waals surface area contributed by atoms with E-state index >= 15 is 0 Å². The zero-order valence-electron chi connectivity index (χ0n) is 14.3. The summed E-state index contributed by atoms with van der Waals surface area (Å²) in [5, 5.41) is 2.82. The molecule has 0 unspecified atom stereocenters. The Hall–Kier alpha value is -1.70. The Morgan fingerprint density at radius 1 is 1.04 bits per heavy atom. The minimum Gasteiger partial charge on any atom is -0.322 e. The second-order valence-electron chi connectivity index (χ2n) is 6.38. The van der Waals surface area contributed by atoms with Crippen molar-refractivity contribution in [2.75, 3.05) is 18.4 Å². The fraction of sp³-hybridized carbons (Fsp3) is 0.316. The molecule has 5 nitrogen and oxygen atoms in total. The Labute approximate surface area is 162 Å². The number of halogens is 1.